The van der Waals surface area contributed by atoms with Crippen molar-refractivity contribution in [1.82, 2.24) is 0 Å². The summed E-state index contributed by atoms with van der Waals surface area (Å²) in [5.74, 6) is -0.901. The molecule has 0 aromatic carbocycles. The van der Waals surface area contributed by atoms with Crippen LogP contribution in [0.25, 0.3) is 0 Å². The number of aliphatic carboxylic acids is 1. The zero-order valence-electron chi connectivity index (χ0n) is 23.8. The lowest BCUT2D eigenvalue weighted by molar-refractivity contribution is -0.836. The molecule has 0 aromatic rings. The number of carboxylic acid groups (broad SMARTS) is 1. The molecule has 4 nitrogen and oxygen atoms in total. The summed E-state index contributed by atoms with van der Waals surface area (Å²) in [7, 11) is 12.5. The molecule has 0 heterocycles. The maximum atomic E-state index is 10.3. The van der Waals surface area contributed by atoms with Crippen molar-refractivity contribution in [3.05, 3.63) is 0 Å². The highest BCUT2D eigenvalue weighted by atomic mass is 35.5. The third-order valence-corrected chi connectivity index (χ3v) is 4.98. The van der Waals surface area contributed by atoms with E-state index in [0.717, 1.165) is 12.8 Å². The van der Waals surface area contributed by atoms with Crippen molar-refractivity contribution in [2.24, 2.45) is 0 Å². The lowest BCUT2D eigenvalue weighted by Gasteiger charge is -2.04. The predicted octanol–water partition coefficient (Wildman–Crippen LogP) is 1.08. The van der Waals surface area contributed by atoms with Gasteiger partial charge in [0.05, 0.1) is 42.3 Å². The molecule has 0 aliphatic carbocycles. The normalized spacial score (nSPS) is 10.2. The van der Waals surface area contributed by atoms with Gasteiger partial charge in [-0.05, 0) is 12.8 Å². The molecule has 0 rings (SSSR count). The van der Waals surface area contributed by atoms with Crippen molar-refractivity contribution < 1.29 is 32.1 Å². The monoisotopic (exact) mass is 494 g/mol. The van der Waals surface area contributed by atoms with Crippen LogP contribution in [0, 0.1) is 0 Å². The molecular formula is C28H63ClN2O2. The van der Waals surface area contributed by atoms with Crippen LogP contribution < -0.4 is 27.3 Å². The molecular weight excluding hydrogens is 432 g/mol. The second-order valence-electron chi connectivity index (χ2n) is 10.5. The van der Waals surface area contributed by atoms with Crippen molar-refractivity contribution in [2.75, 3.05) is 42.3 Å². The number of unbranched alkanes of at least 4 members (excludes halogenated alkanes) is 18. The zero-order valence-corrected chi connectivity index (χ0v) is 24.6. The minimum atomic E-state index is -0.901. The van der Waals surface area contributed by atoms with E-state index in [4.69, 9.17) is 0 Å². The van der Waals surface area contributed by atoms with E-state index in [1.54, 1.807) is 0 Å². The van der Waals surface area contributed by atoms with Gasteiger partial charge in [0.15, 0.2) is 0 Å². The minimum Gasteiger partial charge on any atom is -1.00 e. The molecule has 33 heavy (non-hydrogen) atoms. The van der Waals surface area contributed by atoms with Crippen LogP contribution in [0.15, 0.2) is 0 Å². The van der Waals surface area contributed by atoms with E-state index in [9.17, 15) is 9.90 Å². The van der Waals surface area contributed by atoms with Gasteiger partial charge in [-0.3, -0.25) is 0 Å². The van der Waals surface area contributed by atoms with Gasteiger partial charge in [0, 0.05) is 5.97 Å². The third kappa shape index (κ3) is 65.3. The van der Waals surface area contributed by atoms with E-state index < -0.39 is 5.97 Å². The summed E-state index contributed by atoms with van der Waals surface area (Å²) < 4.78 is 0. The first-order valence-corrected chi connectivity index (χ1v) is 14.0. The van der Waals surface area contributed by atoms with Crippen LogP contribution in [0.4, 0.5) is 0 Å². The van der Waals surface area contributed by atoms with Crippen LogP contribution in [0.2, 0.25) is 0 Å². The summed E-state index contributed by atoms with van der Waals surface area (Å²) in [5, 5.41) is 10.3. The molecule has 0 atom stereocenters. The molecule has 0 saturated heterocycles. The van der Waals surface area contributed by atoms with Crippen LogP contribution in [-0.4, -0.2) is 48.3 Å². The SMILES string of the molecule is CCCCCCCCCCCCCCCCCCCCCC(=O)[O-].C[NH+](C)C.C[NH+](C)C.[Cl-]. The molecule has 0 aliphatic heterocycles. The molecule has 2 N–H and O–H groups in total. The summed E-state index contributed by atoms with van der Waals surface area (Å²) in [5.41, 5.74) is 0. The molecule has 0 amide bonds. The van der Waals surface area contributed by atoms with Crippen molar-refractivity contribution in [3.63, 3.8) is 0 Å². The Bertz CT molecular complexity index is 328. The quantitative estimate of drug-likeness (QED) is 0.249. The number of carbonyl (C=O) groups is 1. The van der Waals surface area contributed by atoms with E-state index in [2.05, 4.69) is 49.2 Å². The van der Waals surface area contributed by atoms with E-state index in [1.807, 2.05) is 0 Å². The number of quaternary nitrogens is 2. The third-order valence-electron chi connectivity index (χ3n) is 4.98. The van der Waals surface area contributed by atoms with Crippen LogP contribution in [0.5, 0.6) is 0 Å². The van der Waals surface area contributed by atoms with Crippen molar-refractivity contribution in [1.29, 1.82) is 0 Å². The fraction of sp³-hybridized carbons (Fsp3) is 0.964. The van der Waals surface area contributed by atoms with Crippen molar-refractivity contribution >= 4 is 5.97 Å². The first-order chi connectivity index (χ1) is 15.2. The molecule has 0 bridgehead atoms. The van der Waals surface area contributed by atoms with Gasteiger partial charge in [-0.2, -0.15) is 0 Å². The van der Waals surface area contributed by atoms with E-state index >= 15 is 0 Å². The highest BCUT2D eigenvalue weighted by molar-refractivity contribution is 5.63. The van der Waals surface area contributed by atoms with Gasteiger partial charge in [-0.15, -0.1) is 0 Å². The van der Waals surface area contributed by atoms with Gasteiger partial charge in [-0.25, -0.2) is 0 Å². The van der Waals surface area contributed by atoms with Gasteiger partial charge in [0.2, 0.25) is 0 Å². The fourth-order valence-electron chi connectivity index (χ4n) is 3.35. The first-order valence-electron chi connectivity index (χ1n) is 14.0. The number of rotatable bonds is 20. The van der Waals surface area contributed by atoms with Gasteiger partial charge in [0.1, 0.15) is 0 Å². The Morgan fingerprint density at radius 1 is 0.485 bits per heavy atom. The Labute approximate surface area is 215 Å². The number of nitrogens with one attached hydrogen (secondary N) is 2. The molecule has 0 aliphatic rings. The van der Waals surface area contributed by atoms with E-state index in [1.165, 1.54) is 119 Å². The molecule has 204 valence electrons. The molecule has 0 radical (unpaired) electrons. The Hall–Kier alpha value is -0.320. The average molecular weight is 495 g/mol. The van der Waals surface area contributed by atoms with E-state index in [0.29, 0.717) is 0 Å². The standard InChI is InChI=1S/C22H44O2.2C3H9N.ClH/c1-2-3-4-5-6-7-8-9-10-11-12-13-14-15-16-17-18-19-20-21-22(23)24;2*1-4(2)3;/h2-21H2,1H3,(H,23,24);2*1-3H3;1H. The fourth-order valence-corrected chi connectivity index (χ4v) is 3.35. The lowest BCUT2D eigenvalue weighted by Crippen LogP contribution is -3.02. The molecule has 0 unspecified atom stereocenters. The van der Waals surface area contributed by atoms with Crippen molar-refractivity contribution in [3.8, 4) is 0 Å². The molecule has 5 heteroatoms. The van der Waals surface area contributed by atoms with Crippen LogP contribution in [0.3, 0.4) is 0 Å². The summed E-state index contributed by atoms with van der Waals surface area (Å²) in [6.45, 7) is 2.28. The minimum absolute atomic E-state index is 0. The average Bonchev–Trinajstić information content (AvgIpc) is 2.68. The maximum absolute atomic E-state index is 10.3. The van der Waals surface area contributed by atoms with Crippen LogP contribution in [0.1, 0.15) is 135 Å². The number of carbonyl (C=O) groups excluding carboxylic acids is 1. The Morgan fingerprint density at radius 2 is 0.667 bits per heavy atom. The van der Waals surface area contributed by atoms with Gasteiger partial charge < -0.3 is 32.1 Å². The molecule has 0 spiro atoms. The smallest absolute Gasteiger partial charge is 0.0661 e. The predicted molar refractivity (Wildman–Crippen MR) is 140 cm³/mol. The Balaban J connectivity index is -0.000000401. The van der Waals surface area contributed by atoms with Gasteiger partial charge in [-0.1, -0.05) is 122 Å². The molecule has 0 aromatic heterocycles. The summed E-state index contributed by atoms with van der Waals surface area (Å²) in [6, 6.07) is 0. The Morgan fingerprint density at radius 3 is 0.848 bits per heavy atom. The number of hydrogen-bond acceptors (Lipinski definition) is 2. The van der Waals surface area contributed by atoms with Crippen molar-refractivity contribution in [2.45, 2.75) is 135 Å². The van der Waals surface area contributed by atoms with Crippen LogP contribution >= 0.6 is 0 Å². The number of hydrogen-bond donors (Lipinski definition) is 2. The number of carboxylic acids is 1. The zero-order chi connectivity index (χ0) is 24.9. The maximum Gasteiger partial charge on any atom is 0.0661 e. The van der Waals surface area contributed by atoms with E-state index in [-0.39, 0.29) is 18.8 Å². The Kier molecular flexibility index (Phi) is 43.8. The second-order valence-corrected chi connectivity index (χ2v) is 10.5. The van der Waals surface area contributed by atoms with Gasteiger partial charge in [0.25, 0.3) is 0 Å². The molecule has 0 saturated carbocycles. The summed E-state index contributed by atoms with van der Waals surface area (Å²) in [4.78, 5) is 13.1. The lowest BCUT2D eigenvalue weighted by atomic mass is 10.0. The highest BCUT2D eigenvalue weighted by Gasteiger charge is 1.95. The molecule has 0 fully saturated rings. The van der Waals surface area contributed by atoms with Gasteiger partial charge >= 0.3 is 0 Å². The first kappa shape index (κ1) is 39.9. The largest absolute Gasteiger partial charge is 1.00 e. The second kappa shape index (κ2) is 36.3. The highest BCUT2D eigenvalue weighted by Crippen LogP contribution is 2.14. The summed E-state index contributed by atoms with van der Waals surface area (Å²) in [6.07, 6.45) is 25.7. The van der Waals surface area contributed by atoms with Crippen LogP contribution in [-0.2, 0) is 4.79 Å². The topological polar surface area (TPSA) is 49.0 Å². The number of halogens is 1. The summed E-state index contributed by atoms with van der Waals surface area (Å²) >= 11 is 0.